The van der Waals surface area contributed by atoms with Crippen molar-refractivity contribution in [2.75, 3.05) is 19.0 Å². The monoisotopic (exact) mass is 458 g/mol. The minimum absolute atomic E-state index is 0.145. The maximum absolute atomic E-state index is 14.2. The van der Waals surface area contributed by atoms with Crippen LogP contribution in [0.3, 0.4) is 0 Å². The highest BCUT2D eigenvalue weighted by atomic mass is 19.1. The number of nitrogens with zero attached hydrogens (tertiary/aromatic N) is 1. The molecule has 4 atom stereocenters. The van der Waals surface area contributed by atoms with E-state index in [2.05, 4.69) is 5.32 Å². The molecule has 172 valence electrons. The Morgan fingerprint density at radius 1 is 1.09 bits per heavy atom. The summed E-state index contributed by atoms with van der Waals surface area (Å²) >= 11 is 0. The molecule has 34 heavy (non-hydrogen) atoms. The summed E-state index contributed by atoms with van der Waals surface area (Å²) in [5.41, 5.74) is 0.989. The smallest absolute Gasteiger partial charge is 0.257 e. The molecular formula is C27H23FN2O4. The third kappa shape index (κ3) is 2.73. The van der Waals surface area contributed by atoms with Crippen LogP contribution in [0.2, 0.25) is 0 Å². The number of rotatable bonds is 2. The molecule has 0 radical (unpaired) electrons. The van der Waals surface area contributed by atoms with Gasteiger partial charge >= 0.3 is 0 Å². The summed E-state index contributed by atoms with van der Waals surface area (Å²) in [6, 6.07) is 18.7. The van der Waals surface area contributed by atoms with Crippen molar-refractivity contribution in [2.45, 2.75) is 24.4 Å². The highest BCUT2D eigenvalue weighted by molar-refractivity contribution is 6.12. The van der Waals surface area contributed by atoms with E-state index in [-0.39, 0.29) is 29.2 Å². The summed E-state index contributed by atoms with van der Waals surface area (Å²) in [6.45, 7) is 2.13. The van der Waals surface area contributed by atoms with Gasteiger partial charge in [0.05, 0.1) is 31.0 Å². The van der Waals surface area contributed by atoms with Crippen LogP contribution in [0.25, 0.3) is 0 Å². The van der Waals surface area contributed by atoms with Crippen molar-refractivity contribution < 1.29 is 23.5 Å². The van der Waals surface area contributed by atoms with Gasteiger partial charge in [-0.15, -0.1) is 0 Å². The summed E-state index contributed by atoms with van der Waals surface area (Å²) in [6.07, 6.45) is 0. The average molecular weight is 458 g/mol. The summed E-state index contributed by atoms with van der Waals surface area (Å²) in [5, 5.41) is 2.91. The van der Waals surface area contributed by atoms with Gasteiger partial charge in [-0.2, -0.15) is 0 Å². The van der Waals surface area contributed by atoms with Crippen LogP contribution >= 0.6 is 0 Å². The lowest BCUT2D eigenvalue weighted by Crippen LogP contribution is -2.54. The lowest BCUT2D eigenvalue weighted by Gasteiger charge is -2.38. The number of carbonyl (C=O) groups excluding carboxylic acids is 2. The molecular weight excluding hydrogens is 435 g/mol. The summed E-state index contributed by atoms with van der Waals surface area (Å²) in [5.74, 6) is -0.469. The van der Waals surface area contributed by atoms with E-state index in [1.54, 1.807) is 18.1 Å². The molecule has 3 heterocycles. The molecule has 3 aliphatic heterocycles. The Morgan fingerprint density at radius 2 is 1.88 bits per heavy atom. The second kappa shape index (κ2) is 7.32. The number of nitrogens with one attached hydrogen (secondary N) is 1. The highest BCUT2D eigenvalue weighted by Crippen LogP contribution is 2.60. The molecule has 0 aliphatic carbocycles. The van der Waals surface area contributed by atoms with Gasteiger partial charge in [-0.25, -0.2) is 4.39 Å². The van der Waals surface area contributed by atoms with Crippen molar-refractivity contribution in [3.63, 3.8) is 0 Å². The highest BCUT2D eigenvalue weighted by Gasteiger charge is 2.65. The molecule has 0 bridgehead atoms. The number of benzene rings is 3. The number of ether oxygens (including phenoxy) is 2. The summed E-state index contributed by atoms with van der Waals surface area (Å²) < 4.78 is 25.7. The van der Waals surface area contributed by atoms with Crippen LogP contribution in [0.15, 0.2) is 66.7 Å². The van der Waals surface area contributed by atoms with Gasteiger partial charge in [-0.3, -0.25) is 9.59 Å². The van der Waals surface area contributed by atoms with Crippen LogP contribution in [0.1, 0.15) is 40.4 Å². The molecule has 6 nitrogen and oxygen atoms in total. The fourth-order valence-corrected chi connectivity index (χ4v) is 5.98. The van der Waals surface area contributed by atoms with E-state index < -0.39 is 17.4 Å². The number of fused-ring (bicyclic) bond motifs is 6. The van der Waals surface area contributed by atoms with Gasteiger partial charge in [0.2, 0.25) is 0 Å². The standard InChI is InChI=1S/C27H23FN2O4/c1-27-23(15-6-4-3-5-7-15)20-14-34-22-13-17(33-2)9-10-18(22)24(20)30(27)25(31)19-12-16(28)8-11-21(19)29-26(27)32/h3-13,20,23-24H,14H2,1-2H3,(H,29,32)/t20-,23+,24+,27-/m1/s1. The van der Waals surface area contributed by atoms with Crippen molar-refractivity contribution in [2.24, 2.45) is 5.92 Å². The van der Waals surface area contributed by atoms with Gasteiger partial charge < -0.3 is 19.7 Å². The summed E-state index contributed by atoms with van der Waals surface area (Å²) in [7, 11) is 1.58. The molecule has 1 fully saturated rings. The number of halogens is 1. The number of amides is 2. The van der Waals surface area contributed by atoms with Gasteiger partial charge in [-0.1, -0.05) is 30.3 Å². The van der Waals surface area contributed by atoms with Gasteiger partial charge in [0.15, 0.2) is 0 Å². The van der Waals surface area contributed by atoms with Crippen LogP contribution in [0, 0.1) is 11.7 Å². The molecule has 3 aromatic rings. The Hall–Kier alpha value is -3.87. The first-order valence-corrected chi connectivity index (χ1v) is 11.2. The maximum Gasteiger partial charge on any atom is 0.257 e. The molecule has 3 aliphatic rings. The lowest BCUT2D eigenvalue weighted by molar-refractivity contribution is -0.125. The Bertz CT molecular complexity index is 1330. The zero-order valence-electron chi connectivity index (χ0n) is 18.7. The van der Waals surface area contributed by atoms with Gasteiger partial charge in [0, 0.05) is 23.5 Å². The molecule has 0 unspecified atom stereocenters. The third-order valence-electron chi connectivity index (χ3n) is 7.49. The number of anilines is 1. The predicted molar refractivity (Wildman–Crippen MR) is 124 cm³/mol. The Morgan fingerprint density at radius 3 is 2.65 bits per heavy atom. The first-order valence-electron chi connectivity index (χ1n) is 11.2. The van der Waals surface area contributed by atoms with Crippen LogP contribution in [0.5, 0.6) is 11.5 Å². The van der Waals surface area contributed by atoms with Gasteiger partial charge in [0.1, 0.15) is 22.9 Å². The molecule has 1 saturated heterocycles. The number of carbonyl (C=O) groups is 2. The molecule has 0 saturated carbocycles. The second-order valence-corrected chi connectivity index (χ2v) is 9.18. The first-order chi connectivity index (χ1) is 16.4. The second-order valence-electron chi connectivity index (χ2n) is 9.18. The lowest BCUT2D eigenvalue weighted by atomic mass is 9.73. The van der Waals surface area contributed by atoms with Crippen molar-refractivity contribution >= 4 is 17.5 Å². The predicted octanol–water partition coefficient (Wildman–Crippen LogP) is 4.53. The Balaban J connectivity index is 1.61. The molecule has 0 aromatic heterocycles. The average Bonchev–Trinajstić information content (AvgIpc) is 3.10. The Labute approximate surface area is 196 Å². The van der Waals surface area contributed by atoms with E-state index in [1.807, 2.05) is 49.4 Å². The van der Waals surface area contributed by atoms with E-state index in [1.165, 1.54) is 18.2 Å². The van der Waals surface area contributed by atoms with Crippen LogP contribution in [-0.4, -0.2) is 36.0 Å². The number of hydrogen-bond donors (Lipinski definition) is 1. The maximum atomic E-state index is 14.2. The zero-order valence-corrected chi connectivity index (χ0v) is 18.7. The van der Waals surface area contributed by atoms with Gasteiger partial charge in [-0.05, 0) is 42.8 Å². The first kappa shape index (κ1) is 20.7. The molecule has 2 amide bonds. The van der Waals surface area contributed by atoms with E-state index in [9.17, 15) is 14.0 Å². The fraction of sp³-hybridized carbons (Fsp3) is 0.259. The normalized spacial score (nSPS) is 26.9. The van der Waals surface area contributed by atoms with E-state index in [4.69, 9.17) is 9.47 Å². The topological polar surface area (TPSA) is 67.9 Å². The quantitative estimate of drug-likeness (QED) is 0.613. The van der Waals surface area contributed by atoms with E-state index in [0.29, 0.717) is 23.8 Å². The van der Waals surface area contributed by atoms with Gasteiger partial charge in [0.25, 0.3) is 11.8 Å². The fourth-order valence-electron chi connectivity index (χ4n) is 5.98. The third-order valence-corrected chi connectivity index (χ3v) is 7.49. The van der Waals surface area contributed by atoms with Crippen molar-refractivity contribution in [1.82, 2.24) is 4.90 Å². The van der Waals surface area contributed by atoms with Crippen LogP contribution in [0.4, 0.5) is 10.1 Å². The van der Waals surface area contributed by atoms with Crippen molar-refractivity contribution in [3.8, 4) is 11.5 Å². The molecule has 3 aromatic carbocycles. The minimum atomic E-state index is -1.23. The van der Waals surface area contributed by atoms with E-state index >= 15 is 0 Å². The molecule has 7 heteroatoms. The van der Waals surface area contributed by atoms with Crippen LogP contribution in [-0.2, 0) is 4.79 Å². The zero-order chi connectivity index (χ0) is 23.6. The molecule has 6 rings (SSSR count). The number of methoxy groups -OCH3 is 1. The SMILES string of the molecule is COc1ccc2c(c1)OC[C@H]1[C@H]2N2C(=O)c3cc(F)ccc3NC(=O)[C@@]2(C)[C@H]1c1ccccc1. The van der Waals surface area contributed by atoms with Crippen LogP contribution < -0.4 is 14.8 Å². The molecule has 1 N–H and O–H groups in total. The largest absolute Gasteiger partial charge is 0.497 e. The van der Waals surface area contributed by atoms with Crippen molar-refractivity contribution in [1.29, 1.82) is 0 Å². The summed E-state index contributed by atoms with van der Waals surface area (Å²) in [4.78, 5) is 29.6. The van der Waals surface area contributed by atoms with Crippen molar-refractivity contribution in [3.05, 3.63) is 89.2 Å². The minimum Gasteiger partial charge on any atom is -0.497 e. The van der Waals surface area contributed by atoms with E-state index in [0.717, 1.165) is 11.1 Å². The molecule has 0 spiro atoms. The Kier molecular flexibility index (Phi) is 4.46. The number of hydrogen-bond acceptors (Lipinski definition) is 4.